The molecule has 2 rings (SSSR count). The van der Waals surface area contributed by atoms with Crippen molar-refractivity contribution in [1.82, 2.24) is 0 Å². The first-order chi connectivity index (χ1) is 10.1. The van der Waals surface area contributed by atoms with E-state index in [0.29, 0.717) is 24.1 Å². The summed E-state index contributed by atoms with van der Waals surface area (Å²) in [5.74, 6) is -0.307. The van der Waals surface area contributed by atoms with Crippen LogP contribution in [0.25, 0.3) is 0 Å². The minimum atomic E-state index is -0.461. The van der Waals surface area contributed by atoms with Crippen LogP contribution in [0.4, 0.5) is 10.1 Å². The molecule has 0 aliphatic rings. The van der Waals surface area contributed by atoms with Crippen LogP contribution in [0.3, 0.4) is 0 Å². The second-order valence-corrected chi connectivity index (χ2v) is 4.89. The molecule has 0 heterocycles. The number of ether oxygens (including phenoxy) is 1. The standard InChI is InChI=1S/C17H18FNO2/c1-21-16-7-3-5-13(17(16)18)11-15(20)9-8-12-4-2-6-14(19)10-12/h2-7,10H,8-9,11,19H2,1H3. The van der Waals surface area contributed by atoms with E-state index in [1.807, 2.05) is 18.2 Å². The SMILES string of the molecule is COc1cccc(CC(=O)CCc2cccc(N)c2)c1F. The fourth-order valence-electron chi connectivity index (χ4n) is 2.18. The Bertz CT molecular complexity index is 640. The highest BCUT2D eigenvalue weighted by molar-refractivity contribution is 5.81. The van der Waals surface area contributed by atoms with Crippen LogP contribution < -0.4 is 10.5 Å². The molecule has 0 aliphatic heterocycles. The molecule has 2 N–H and O–H groups in total. The van der Waals surface area contributed by atoms with Gasteiger partial charge in [-0.2, -0.15) is 0 Å². The molecule has 4 heteroatoms. The van der Waals surface area contributed by atoms with E-state index < -0.39 is 5.82 Å². The number of rotatable bonds is 6. The van der Waals surface area contributed by atoms with E-state index in [-0.39, 0.29) is 18.0 Å². The first-order valence-corrected chi connectivity index (χ1v) is 6.77. The molecular weight excluding hydrogens is 269 g/mol. The molecule has 0 bridgehead atoms. The largest absolute Gasteiger partial charge is 0.494 e. The summed E-state index contributed by atoms with van der Waals surface area (Å²) in [6.45, 7) is 0. The summed E-state index contributed by atoms with van der Waals surface area (Å²) in [5, 5.41) is 0. The van der Waals surface area contributed by atoms with Crippen molar-refractivity contribution in [2.45, 2.75) is 19.3 Å². The quantitative estimate of drug-likeness (QED) is 0.830. The highest BCUT2D eigenvalue weighted by atomic mass is 19.1. The van der Waals surface area contributed by atoms with E-state index in [2.05, 4.69) is 0 Å². The third-order valence-corrected chi connectivity index (χ3v) is 3.29. The molecular formula is C17H18FNO2. The number of anilines is 1. The van der Waals surface area contributed by atoms with E-state index in [9.17, 15) is 9.18 Å². The number of benzene rings is 2. The van der Waals surface area contributed by atoms with E-state index in [4.69, 9.17) is 10.5 Å². The number of carbonyl (C=O) groups is 1. The Morgan fingerprint density at radius 1 is 1.24 bits per heavy atom. The number of nitrogens with two attached hydrogens (primary N) is 1. The van der Waals surface area contributed by atoms with E-state index >= 15 is 0 Å². The van der Waals surface area contributed by atoms with Crippen molar-refractivity contribution in [3.05, 3.63) is 59.4 Å². The normalized spacial score (nSPS) is 10.4. The Hall–Kier alpha value is -2.36. The Labute approximate surface area is 123 Å². The average molecular weight is 287 g/mol. The fourth-order valence-corrected chi connectivity index (χ4v) is 2.18. The third kappa shape index (κ3) is 4.05. The first-order valence-electron chi connectivity index (χ1n) is 6.77. The van der Waals surface area contributed by atoms with Crippen molar-refractivity contribution in [3.63, 3.8) is 0 Å². The molecule has 0 atom stereocenters. The lowest BCUT2D eigenvalue weighted by Gasteiger charge is -2.07. The molecule has 2 aromatic rings. The van der Waals surface area contributed by atoms with Crippen molar-refractivity contribution in [2.75, 3.05) is 12.8 Å². The van der Waals surface area contributed by atoms with Crippen LogP contribution >= 0.6 is 0 Å². The van der Waals surface area contributed by atoms with Gasteiger partial charge in [-0.05, 0) is 35.7 Å². The van der Waals surface area contributed by atoms with Crippen LogP contribution in [0.2, 0.25) is 0 Å². The maximum absolute atomic E-state index is 14.0. The highest BCUT2D eigenvalue weighted by Gasteiger charge is 2.12. The van der Waals surface area contributed by atoms with Crippen molar-refractivity contribution in [1.29, 1.82) is 0 Å². The summed E-state index contributed by atoms with van der Waals surface area (Å²) in [6.07, 6.45) is 1.04. The Kier molecular flexibility index (Phi) is 4.93. The molecule has 0 unspecified atom stereocenters. The maximum Gasteiger partial charge on any atom is 0.168 e. The zero-order valence-electron chi connectivity index (χ0n) is 11.9. The lowest BCUT2D eigenvalue weighted by atomic mass is 10.0. The summed E-state index contributed by atoms with van der Waals surface area (Å²) >= 11 is 0. The smallest absolute Gasteiger partial charge is 0.168 e. The van der Waals surface area contributed by atoms with Crippen molar-refractivity contribution in [3.8, 4) is 5.75 Å². The van der Waals surface area contributed by atoms with Gasteiger partial charge in [-0.25, -0.2) is 4.39 Å². The molecule has 0 saturated heterocycles. The van der Waals surface area contributed by atoms with Gasteiger partial charge in [0.25, 0.3) is 0 Å². The number of halogens is 1. The van der Waals surface area contributed by atoms with Crippen molar-refractivity contribution < 1.29 is 13.9 Å². The number of Topliss-reactive ketones (excluding diaryl/α,β-unsaturated/α-hetero) is 1. The Morgan fingerprint density at radius 3 is 2.71 bits per heavy atom. The Morgan fingerprint density at radius 2 is 2.00 bits per heavy atom. The second kappa shape index (κ2) is 6.88. The summed E-state index contributed by atoms with van der Waals surface area (Å²) in [6, 6.07) is 12.3. The number of hydrogen-bond acceptors (Lipinski definition) is 3. The maximum atomic E-state index is 14.0. The predicted octanol–water partition coefficient (Wildman–Crippen LogP) is 3.16. The minimum Gasteiger partial charge on any atom is -0.494 e. The number of aryl methyl sites for hydroxylation is 1. The number of ketones is 1. The van der Waals surface area contributed by atoms with E-state index in [0.717, 1.165) is 5.56 Å². The molecule has 0 aliphatic carbocycles. The fraction of sp³-hybridized carbons (Fsp3) is 0.235. The van der Waals surface area contributed by atoms with Gasteiger partial charge in [-0.3, -0.25) is 4.79 Å². The molecule has 0 fully saturated rings. The van der Waals surface area contributed by atoms with E-state index in [1.165, 1.54) is 13.2 Å². The molecule has 0 radical (unpaired) electrons. The summed E-state index contributed by atoms with van der Waals surface area (Å²) in [4.78, 5) is 12.0. The first kappa shape index (κ1) is 15.0. The van der Waals surface area contributed by atoms with Crippen molar-refractivity contribution in [2.24, 2.45) is 0 Å². The zero-order chi connectivity index (χ0) is 15.2. The van der Waals surface area contributed by atoms with Crippen LogP contribution in [-0.2, 0) is 17.6 Å². The molecule has 0 saturated carbocycles. The lowest BCUT2D eigenvalue weighted by Crippen LogP contribution is -2.06. The highest BCUT2D eigenvalue weighted by Crippen LogP contribution is 2.21. The molecule has 0 aromatic heterocycles. The molecule has 3 nitrogen and oxygen atoms in total. The van der Waals surface area contributed by atoms with Gasteiger partial charge in [0.2, 0.25) is 0 Å². The van der Waals surface area contributed by atoms with Gasteiger partial charge in [0.15, 0.2) is 11.6 Å². The summed E-state index contributed by atoms with van der Waals surface area (Å²) in [7, 11) is 1.41. The van der Waals surface area contributed by atoms with Crippen LogP contribution in [-0.4, -0.2) is 12.9 Å². The van der Waals surface area contributed by atoms with Crippen molar-refractivity contribution >= 4 is 11.5 Å². The summed E-state index contributed by atoms with van der Waals surface area (Å²) < 4.78 is 18.9. The zero-order valence-corrected chi connectivity index (χ0v) is 11.9. The number of methoxy groups -OCH3 is 1. The van der Waals surface area contributed by atoms with Crippen LogP contribution in [0.5, 0.6) is 5.75 Å². The van der Waals surface area contributed by atoms with Crippen LogP contribution in [0.1, 0.15) is 17.5 Å². The van der Waals surface area contributed by atoms with Gasteiger partial charge in [-0.15, -0.1) is 0 Å². The van der Waals surface area contributed by atoms with Crippen LogP contribution in [0, 0.1) is 5.82 Å². The second-order valence-electron chi connectivity index (χ2n) is 4.89. The topological polar surface area (TPSA) is 52.3 Å². The average Bonchev–Trinajstić information content (AvgIpc) is 2.47. The number of carbonyl (C=O) groups excluding carboxylic acids is 1. The minimum absolute atomic E-state index is 0.00965. The molecule has 2 aromatic carbocycles. The molecule has 21 heavy (non-hydrogen) atoms. The van der Waals surface area contributed by atoms with Gasteiger partial charge in [0, 0.05) is 18.5 Å². The van der Waals surface area contributed by atoms with Crippen LogP contribution in [0.15, 0.2) is 42.5 Å². The molecule has 0 spiro atoms. The number of hydrogen-bond donors (Lipinski definition) is 1. The summed E-state index contributed by atoms with van der Waals surface area (Å²) in [5.41, 5.74) is 7.75. The Balaban J connectivity index is 1.96. The molecule has 110 valence electrons. The van der Waals surface area contributed by atoms with Gasteiger partial charge in [0.1, 0.15) is 5.78 Å². The monoisotopic (exact) mass is 287 g/mol. The third-order valence-electron chi connectivity index (χ3n) is 3.29. The van der Waals surface area contributed by atoms with Gasteiger partial charge in [0.05, 0.1) is 7.11 Å². The van der Waals surface area contributed by atoms with Gasteiger partial charge < -0.3 is 10.5 Å². The van der Waals surface area contributed by atoms with E-state index in [1.54, 1.807) is 18.2 Å². The molecule has 0 amide bonds. The predicted molar refractivity (Wildman–Crippen MR) is 80.8 cm³/mol. The number of nitrogen functional groups attached to an aromatic ring is 1. The van der Waals surface area contributed by atoms with Gasteiger partial charge in [-0.1, -0.05) is 24.3 Å². The van der Waals surface area contributed by atoms with Gasteiger partial charge >= 0.3 is 0 Å². The lowest BCUT2D eigenvalue weighted by molar-refractivity contribution is -0.118.